The summed E-state index contributed by atoms with van der Waals surface area (Å²) in [4.78, 5) is 51.0. The summed E-state index contributed by atoms with van der Waals surface area (Å²) in [6.45, 7) is 17.6. The first-order chi connectivity index (χ1) is 20.4. The highest BCUT2D eigenvalue weighted by Gasteiger charge is 2.53. The van der Waals surface area contributed by atoms with Crippen LogP contribution in [0.25, 0.3) is 0 Å². The molecule has 44 heavy (non-hydrogen) atoms. The molecule has 0 bridgehead atoms. The van der Waals surface area contributed by atoms with Gasteiger partial charge in [-0.25, -0.2) is 0 Å². The van der Waals surface area contributed by atoms with E-state index in [0.717, 1.165) is 31.1 Å². The SMILES string of the molecule is CCC(C)(C)c1ccc(OCCCC(=O)NCC(C)(C)C(=O)C(Cl)(OC(C)=O)C(=O)Nc2ccccc2)c(C(C)(C)CC)c1. The number of hydrogen-bond acceptors (Lipinski definition) is 6. The van der Waals surface area contributed by atoms with E-state index in [9.17, 15) is 19.2 Å². The largest absolute Gasteiger partial charge is 0.493 e. The molecule has 0 aliphatic heterocycles. The number of alkyl halides is 1. The molecule has 0 heterocycles. The molecule has 2 rings (SSSR count). The summed E-state index contributed by atoms with van der Waals surface area (Å²) in [5, 5.41) is 2.64. The molecule has 2 amide bonds. The maximum atomic E-state index is 13.5. The Morgan fingerprint density at radius 3 is 2.05 bits per heavy atom. The molecular formula is C35H49ClN2O6. The van der Waals surface area contributed by atoms with Gasteiger partial charge in [0.25, 0.3) is 5.91 Å². The zero-order chi connectivity index (χ0) is 33.3. The van der Waals surface area contributed by atoms with Crippen molar-refractivity contribution in [3.05, 3.63) is 59.7 Å². The summed E-state index contributed by atoms with van der Waals surface area (Å²) in [6.07, 6.45) is 2.60. The first-order valence-electron chi connectivity index (χ1n) is 15.2. The Bertz CT molecular complexity index is 1320. The predicted molar refractivity (Wildman–Crippen MR) is 175 cm³/mol. The monoisotopic (exact) mass is 628 g/mol. The Morgan fingerprint density at radius 2 is 1.48 bits per heavy atom. The summed E-state index contributed by atoms with van der Waals surface area (Å²) in [7, 11) is 0. The molecule has 8 nitrogen and oxygen atoms in total. The molecule has 0 saturated heterocycles. The lowest BCUT2D eigenvalue weighted by molar-refractivity contribution is -0.165. The van der Waals surface area contributed by atoms with Gasteiger partial charge in [-0.3, -0.25) is 19.2 Å². The molecule has 0 radical (unpaired) electrons. The van der Waals surface area contributed by atoms with Crippen LogP contribution in [0.5, 0.6) is 5.75 Å². The molecule has 0 aromatic heterocycles. The Morgan fingerprint density at radius 1 is 0.864 bits per heavy atom. The van der Waals surface area contributed by atoms with Crippen molar-refractivity contribution in [2.24, 2.45) is 5.41 Å². The Labute approximate surface area is 267 Å². The molecule has 2 N–H and O–H groups in total. The number of halogens is 1. The van der Waals surface area contributed by atoms with Gasteiger partial charge in [0.15, 0.2) is 0 Å². The highest BCUT2D eigenvalue weighted by atomic mass is 35.5. The number of carbonyl (C=O) groups is 4. The van der Waals surface area contributed by atoms with Crippen LogP contribution >= 0.6 is 11.6 Å². The minimum atomic E-state index is -2.62. The molecule has 1 unspecified atom stereocenters. The molecular weight excluding hydrogens is 580 g/mol. The summed E-state index contributed by atoms with van der Waals surface area (Å²) in [5.74, 6) is -2.23. The van der Waals surface area contributed by atoms with Gasteiger partial charge >= 0.3 is 11.0 Å². The number of hydrogen-bond donors (Lipinski definition) is 2. The van der Waals surface area contributed by atoms with Gasteiger partial charge in [-0.15, -0.1) is 0 Å². The van der Waals surface area contributed by atoms with E-state index >= 15 is 0 Å². The maximum Gasteiger partial charge on any atom is 0.322 e. The molecule has 0 saturated carbocycles. The molecule has 2 aromatic rings. The van der Waals surface area contributed by atoms with Gasteiger partial charge in [-0.1, -0.05) is 97.3 Å². The lowest BCUT2D eigenvalue weighted by atomic mass is 9.76. The average molecular weight is 629 g/mol. The summed E-state index contributed by atoms with van der Waals surface area (Å²) >= 11 is 6.41. The lowest BCUT2D eigenvalue weighted by Gasteiger charge is -2.32. The number of para-hydroxylation sites is 1. The van der Waals surface area contributed by atoms with E-state index in [2.05, 4.69) is 64.3 Å². The van der Waals surface area contributed by atoms with Crippen molar-refractivity contribution < 1.29 is 28.7 Å². The third kappa shape index (κ3) is 9.55. The van der Waals surface area contributed by atoms with Crippen molar-refractivity contribution in [1.29, 1.82) is 0 Å². The number of anilines is 1. The van der Waals surface area contributed by atoms with Gasteiger partial charge in [0.05, 0.1) is 6.61 Å². The van der Waals surface area contributed by atoms with E-state index in [-0.39, 0.29) is 29.7 Å². The minimum absolute atomic E-state index is 0.0529. The first kappa shape index (κ1) is 36.8. The number of esters is 1. The normalized spacial score (nSPS) is 13.4. The summed E-state index contributed by atoms with van der Waals surface area (Å²) < 4.78 is 11.2. The molecule has 0 aliphatic carbocycles. The van der Waals surface area contributed by atoms with Gasteiger partial charge in [0.1, 0.15) is 5.75 Å². The van der Waals surface area contributed by atoms with Gasteiger partial charge in [-0.05, 0) is 53.9 Å². The fourth-order valence-corrected chi connectivity index (χ4v) is 4.88. The van der Waals surface area contributed by atoms with Crippen molar-refractivity contribution in [3.8, 4) is 5.75 Å². The van der Waals surface area contributed by atoms with Crippen LogP contribution in [0.4, 0.5) is 5.69 Å². The van der Waals surface area contributed by atoms with Crippen molar-refractivity contribution in [3.63, 3.8) is 0 Å². The Hall–Kier alpha value is -3.39. The van der Waals surface area contributed by atoms with E-state index in [1.807, 2.05) is 6.07 Å². The topological polar surface area (TPSA) is 111 Å². The number of carbonyl (C=O) groups excluding carboxylic acids is 4. The van der Waals surface area contributed by atoms with E-state index < -0.39 is 28.1 Å². The average Bonchev–Trinajstić information content (AvgIpc) is 2.97. The van der Waals surface area contributed by atoms with Crippen molar-refractivity contribution in [2.75, 3.05) is 18.5 Å². The molecule has 0 spiro atoms. The quantitative estimate of drug-likeness (QED) is 0.0890. The number of ether oxygens (including phenoxy) is 2. The second kappa shape index (κ2) is 15.1. The summed E-state index contributed by atoms with van der Waals surface area (Å²) in [5.41, 5.74) is 1.43. The fraction of sp³-hybridized carbons (Fsp3) is 0.543. The van der Waals surface area contributed by atoms with E-state index in [1.165, 1.54) is 19.4 Å². The molecule has 2 aromatic carbocycles. The molecule has 9 heteroatoms. The number of nitrogens with one attached hydrogen (secondary N) is 2. The van der Waals surface area contributed by atoms with E-state index in [4.69, 9.17) is 21.1 Å². The van der Waals surface area contributed by atoms with Crippen LogP contribution in [-0.2, 0) is 34.7 Å². The maximum absolute atomic E-state index is 13.5. The number of Topliss-reactive ketones (excluding diaryl/α,β-unsaturated/α-hetero) is 1. The van der Waals surface area contributed by atoms with Crippen LogP contribution in [0.1, 0.15) is 99.1 Å². The zero-order valence-electron chi connectivity index (χ0n) is 27.7. The number of rotatable bonds is 16. The van der Waals surface area contributed by atoms with Gasteiger partial charge in [-0.2, -0.15) is 0 Å². The summed E-state index contributed by atoms with van der Waals surface area (Å²) in [6, 6.07) is 14.8. The number of ketones is 1. The third-order valence-corrected chi connectivity index (χ3v) is 8.73. The standard InChI is InChI=1S/C35H49ClN2O6/c1-10-32(4,5)25-19-20-28(27(22-25)33(6,7)11-2)43-21-15-18-29(40)37-23-34(8,9)30(41)35(36,44-24(3)39)31(42)38-26-16-13-12-14-17-26/h12-14,16-17,19-20,22H,10-11,15,18,21,23H2,1-9H3,(H,37,40)(H,38,42). The van der Waals surface area contributed by atoms with Gasteiger partial charge in [0, 0.05) is 36.6 Å². The number of amides is 2. The fourth-order valence-electron chi connectivity index (χ4n) is 4.47. The molecule has 0 aliphatic rings. The highest BCUT2D eigenvalue weighted by molar-refractivity contribution is 6.47. The van der Waals surface area contributed by atoms with Crippen molar-refractivity contribution in [2.45, 2.75) is 104 Å². The predicted octanol–water partition coefficient (Wildman–Crippen LogP) is 7.07. The smallest absolute Gasteiger partial charge is 0.322 e. The Kier molecular flexibility index (Phi) is 12.6. The van der Waals surface area contributed by atoms with Crippen molar-refractivity contribution in [1.82, 2.24) is 5.32 Å². The van der Waals surface area contributed by atoms with Crippen LogP contribution in [0, 0.1) is 5.41 Å². The molecule has 0 fully saturated rings. The van der Waals surface area contributed by atoms with Crippen LogP contribution < -0.4 is 15.4 Å². The lowest BCUT2D eigenvalue weighted by Crippen LogP contribution is -2.55. The zero-order valence-corrected chi connectivity index (χ0v) is 28.4. The van der Waals surface area contributed by atoms with E-state index in [0.29, 0.717) is 18.7 Å². The van der Waals surface area contributed by atoms with Crippen LogP contribution in [-0.4, -0.2) is 41.8 Å². The van der Waals surface area contributed by atoms with Gasteiger partial charge < -0.3 is 20.1 Å². The second-order valence-corrected chi connectivity index (χ2v) is 13.7. The van der Waals surface area contributed by atoms with E-state index in [1.54, 1.807) is 30.3 Å². The molecule has 242 valence electrons. The van der Waals surface area contributed by atoms with Crippen LogP contribution in [0.3, 0.4) is 0 Å². The second-order valence-electron chi connectivity index (χ2n) is 13.1. The Balaban J connectivity index is 2.02. The molecule has 1 atom stereocenters. The van der Waals surface area contributed by atoms with Crippen LogP contribution in [0.15, 0.2) is 48.5 Å². The first-order valence-corrected chi connectivity index (χ1v) is 15.6. The highest BCUT2D eigenvalue weighted by Crippen LogP contribution is 2.38. The van der Waals surface area contributed by atoms with Crippen molar-refractivity contribution >= 4 is 40.9 Å². The third-order valence-electron chi connectivity index (χ3n) is 8.31. The van der Waals surface area contributed by atoms with Crippen LogP contribution in [0.2, 0.25) is 0 Å². The number of benzene rings is 2. The minimum Gasteiger partial charge on any atom is -0.493 e. The van der Waals surface area contributed by atoms with Gasteiger partial charge in [0.2, 0.25) is 11.7 Å².